The summed E-state index contributed by atoms with van der Waals surface area (Å²) in [6, 6.07) is 7.95. The fourth-order valence-electron chi connectivity index (χ4n) is 2.75. The van der Waals surface area contributed by atoms with E-state index in [1.165, 1.54) is 27.4 Å². The van der Waals surface area contributed by atoms with Gasteiger partial charge in [-0.05, 0) is 23.8 Å². The van der Waals surface area contributed by atoms with Crippen molar-refractivity contribution in [3.63, 3.8) is 0 Å². The topological polar surface area (TPSA) is 74.3 Å². The quantitative estimate of drug-likeness (QED) is 0.566. The first kappa shape index (κ1) is 15.4. The Labute approximate surface area is 141 Å². The van der Waals surface area contributed by atoms with Gasteiger partial charge in [-0.25, -0.2) is 9.37 Å². The molecule has 0 saturated heterocycles. The Balaban J connectivity index is 1.82. The summed E-state index contributed by atoms with van der Waals surface area (Å²) in [6.07, 6.45) is 3.15. The van der Waals surface area contributed by atoms with Gasteiger partial charge in [0.05, 0.1) is 17.4 Å². The molecule has 0 radical (unpaired) electrons. The van der Waals surface area contributed by atoms with E-state index in [4.69, 9.17) is 4.74 Å². The van der Waals surface area contributed by atoms with Crippen LogP contribution in [0.3, 0.4) is 0 Å². The highest BCUT2D eigenvalue weighted by Crippen LogP contribution is 2.12. The van der Waals surface area contributed by atoms with Gasteiger partial charge in [0.2, 0.25) is 0 Å². The first-order chi connectivity index (χ1) is 12.2. The van der Waals surface area contributed by atoms with Crippen molar-refractivity contribution in [3.05, 3.63) is 70.3 Å². The Bertz CT molecular complexity index is 1130. The molecule has 0 spiro atoms. The van der Waals surface area contributed by atoms with Crippen LogP contribution in [-0.4, -0.2) is 31.3 Å². The van der Waals surface area contributed by atoms with E-state index in [0.29, 0.717) is 28.1 Å². The van der Waals surface area contributed by atoms with Crippen LogP contribution in [0, 0.1) is 5.82 Å². The average molecular weight is 339 g/mol. The average Bonchev–Trinajstić information content (AvgIpc) is 3.00. The SMILES string of the molecule is COCc1nc2ncc3c(=O)n(Cc4cccc(F)c4)ccc3n2n1. The fraction of sp³-hybridized carbons (Fsp3) is 0.176. The molecule has 0 aliphatic rings. The van der Waals surface area contributed by atoms with Gasteiger partial charge in [-0.1, -0.05) is 12.1 Å². The highest BCUT2D eigenvalue weighted by molar-refractivity contribution is 5.78. The Kier molecular flexibility index (Phi) is 3.73. The van der Waals surface area contributed by atoms with Crippen LogP contribution in [0.1, 0.15) is 11.4 Å². The zero-order valence-electron chi connectivity index (χ0n) is 13.4. The molecular weight excluding hydrogens is 325 g/mol. The molecular formula is C17H14FN5O2. The van der Waals surface area contributed by atoms with Crippen molar-refractivity contribution in [2.75, 3.05) is 7.11 Å². The van der Waals surface area contributed by atoms with Crippen LogP contribution in [0.5, 0.6) is 0 Å². The van der Waals surface area contributed by atoms with Gasteiger partial charge in [0.1, 0.15) is 12.4 Å². The lowest BCUT2D eigenvalue weighted by molar-refractivity contribution is 0.178. The third kappa shape index (κ3) is 2.76. The van der Waals surface area contributed by atoms with Crippen molar-refractivity contribution in [2.45, 2.75) is 13.2 Å². The predicted octanol–water partition coefficient (Wildman–Crippen LogP) is 1.77. The highest BCUT2D eigenvalue weighted by atomic mass is 19.1. The number of pyridine rings is 1. The largest absolute Gasteiger partial charge is 0.377 e. The van der Waals surface area contributed by atoms with E-state index in [0.717, 1.165) is 0 Å². The number of ether oxygens (including phenoxy) is 1. The summed E-state index contributed by atoms with van der Waals surface area (Å²) >= 11 is 0. The van der Waals surface area contributed by atoms with E-state index in [1.54, 1.807) is 31.5 Å². The zero-order chi connectivity index (χ0) is 17.4. The molecule has 4 rings (SSSR count). The standard InChI is InChI=1S/C17H14FN5O2/c1-25-10-15-20-17-19-8-13-14(23(17)21-15)5-6-22(16(13)24)9-11-3-2-4-12(18)7-11/h2-8H,9-10H2,1H3. The van der Waals surface area contributed by atoms with Crippen molar-refractivity contribution in [2.24, 2.45) is 0 Å². The Morgan fingerprint density at radius 2 is 2.16 bits per heavy atom. The molecule has 7 nitrogen and oxygen atoms in total. The maximum Gasteiger partial charge on any atom is 0.261 e. The van der Waals surface area contributed by atoms with Gasteiger partial charge in [-0.3, -0.25) is 4.79 Å². The summed E-state index contributed by atoms with van der Waals surface area (Å²) in [6.45, 7) is 0.540. The van der Waals surface area contributed by atoms with Gasteiger partial charge < -0.3 is 9.30 Å². The number of methoxy groups -OCH3 is 1. The van der Waals surface area contributed by atoms with Crippen molar-refractivity contribution < 1.29 is 9.13 Å². The Morgan fingerprint density at radius 3 is 2.96 bits per heavy atom. The van der Waals surface area contributed by atoms with Gasteiger partial charge in [0.15, 0.2) is 5.82 Å². The highest BCUT2D eigenvalue weighted by Gasteiger charge is 2.11. The molecule has 0 saturated carbocycles. The molecule has 3 aromatic heterocycles. The maximum absolute atomic E-state index is 13.3. The van der Waals surface area contributed by atoms with Crippen LogP contribution < -0.4 is 5.56 Å². The maximum atomic E-state index is 13.3. The van der Waals surface area contributed by atoms with E-state index < -0.39 is 0 Å². The lowest BCUT2D eigenvalue weighted by Gasteiger charge is -2.08. The number of nitrogens with zero attached hydrogens (tertiary/aromatic N) is 5. The molecule has 4 aromatic rings. The van der Waals surface area contributed by atoms with Crippen molar-refractivity contribution in [3.8, 4) is 0 Å². The molecule has 8 heteroatoms. The second-order valence-corrected chi connectivity index (χ2v) is 5.61. The minimum atomic E-state index is -0.331. The van der Waals surface area contributed by atoms with E-state index >= 15 is 0 Å². The van der Waals surface area contributed by atoms with Gasteiger partial charge in [-0.2, -0.15) is 9.50 Å². The van der Waals surface area contributed by atoms with E-state index in [2.05, 4.69) is 15.1 Å². The lowest BCUT2D eigenvalue weighted by atomic mass is 10.2. The van der Waals surface area contributed by atoms with Crippen LogP contribution in [0.4, 0.5) is 4.39 Å². The minimum Gasteiger partial charge on any atom is -0.377 e. The van der Waals surface area contributed by atoms with E-state index in [1.807, 2.05) is 0 Å². The van der Waals surface area contributed by atoms with Crippen LogP contribution in [0.15, 0.2) is 47.5 Å². The third-order valence-corrected chi connectivity index (χ3v) is 3.87. The Morgan fingerprint density at radius 1 is 1.28 bits per heavy atom. The van der Waals surface area contributed by atoms with Crippen LogP contribution in [0.25, 0.3) is 16.7 Å². The summed E-state index contributed by atoms with van der Waals surface area (Å²) in [5.41, 5.74) is 1.10. The smallest absolute Gasteiger partial charge is 0.261 e. The Hall–Kier alpha value is -3.13. The van der Waals surface area contributed by atoms with Crippen LogP contribution >= 0.6 is 0 Å². The number of rotatable bonds is 4. The number of halogens is 1. The van der Waals surface area contributed by atoms with Gasteiger partial charge in [0.25, 0.3) is 11.3 Å². The number of aromatic nitrogens is 5. The summed E-state index contributed by atoms with van der Waals surface area (Å²) in [5, 5.41) is 4.73. The summed E-state index contributed by atoms with van der Waals surface area (Å²) < 4.78 is 21.4. The zero-order valence-corrected chi connectivity index (χ0v) is 13.4. The molecule has 0 bridgehead atoms. The van der Waals surface area contributed by atoms with E-state index in [9.17, 15) is 9.18 Å². The lowest BCUT2D eigenvalue weighted by Crippen LogP contribution is -2.21. The summed E-state index contributed by atoms with van der Waals surface area (Å²) in [4.78, 5) is 21.2. The molecule has 126 valence electrons. The molecule has 0 aliphatic carbocycles. The van der Waals surface area contributed by atoms with Gasteiger partial charge in [-0.15, -0.1) is 5.10 Å². The predicted molar refractivity (Wildman–Crippen MR) is 88.8 cm³/mol. The molecule has 3 heterocycles. The van der Waals surface area contributed by atoms with Crippen molar-refractivity contribution in [1.29, 1.82) is 0 Å². The summed E-state index contributed by atoms with van der Waals surface area (Å²) in [5.74, 6) is 0.566. The molecule has 0 aliphatic heterocycles. The number of benzene rings is 1. The molecule has 25 heavy (non-hydrogen) atoms. The summed E-state index contributed by atoms with van der Waals surface area (Å²) in [7, 11) is 1.56. The van der Waals surface area contributed by atoms with Crippen molar-refractivity contribution in [1.82, 2.24) is 24.1 Å². The van der Waals surface area contributed by atoms with Crippen LogP contribution in [-0.2, 0) is 17.9 Å². The molecule has 1 aromatic carbocycles. The molecule has 0 atom stereocenters. The second kappa shape index (κ2) is 6.06. The van der Waals surface area contributed by atoms with E-state index in [-0.39, 0.29) is 24.5 Å². The molecule has 0 unspecified atom stereocenters. The number of hydrogen-bond acceptors (Lipinski definition) is 5. The monoisotopic (exact) mass is 339 g/mol. The second-order valence-electron chi connectivity index (χ2n) is 5.61. The van der Waals surface area contributed by atoms with Crippen molar-refractivity contribution >= 4 is 16.7 Å². The van der Waals surface area contributed by atoms with Crippen LogP contribution in [0.2, 0.25) is 0 Å². The number of fused-ring (bicyclic) bond motifs is 3. The fourth-order valence-corrected chi connectivity index (χ4v) is 2.75. The molecule has 0 amide bonds. The first-order valence-corrected chi connectivity index (χ1v) is 7.63. The minimum absolute atomic E-state index is 0.222. The molecule has 0 N–H and O–H groups in total. The molecule has 0 fully saturated rings. The normalized spacial score (nSPS) is 11.4. The van der Waals surface area contributed by atoms with Gasteiger partial charge >= 0.3 is 0 Å². The number of hydrogen-bond donors (Lipinski definition) is 0. The third-order valence-electron chi connectivity index (χ3n) is 3.87. The first-order valence-electron chi connectivity index (χ1n) is 7.63. The van der Waals surface area contributed by atoms with Gasteiger partial charge in [0, 0.05) is 19.5 Å².